The number of imidazole rings is 1. The molecule has 0 aliphatic carbocycles. The van der Waals surface area contributed by atoms with Crippen LogP contribution in [0.5, 0.6) is 0 Å². The first-order valence-electron chi connectivity index (χ1n) is 6.69. The number of aryl methyl sites for hydroxylation is 1. The van der Waals surface area contributed by atoms with Gasteiger partial charge in [-0.3, -0.25) is 10.1 Å². The average molecular weight is 297 g/mol. The quantitative estimate of drug-likeness (QED) is 0.890. The van der Waals surface area contributed by atoms with Crippen molar-refractivity contribution >= 4 is 35.3 Å². The number of nitrogens with one attached hydrogen (secondary N) is 1. The summed E-state index contributed by atoms with van der Waals surface area (Å²) in [7, 11) is 0. The Morgan fingerprint density at radius 2 is 2.10 bits per heavy atom. The summed E-state index contributed by atoms with van der Waals surface area (Å²) >= 11 is 0. The Bertz CT molecular complexity index is 582. The minimum Gasteiger partial charge on any atom is -0.320 e. The SMILES string of the molecule is CCCC(N)C(=O)Nc1nc2ccccc2n1CC.Cl. The van der Waals surface area contributed by atoms with Gasteiger partial charge in [-0.15, -0.1) is 12.4 Å². The number of halogens is 1. The smallest absolute Gasteiger partial charge is 0.243 e. The summed E-state index contributed by atoms with van der Waals surface area (Å²) in [5.41, 5.74) is 7.71. The Morgan fingerprint density at radius 1 is 1.40 bits per heavy atom. The van der Waals surface area contributed by atoms with Crippen LogP contribution in [0.3, 0.4) is 0 Å². The van der Waals surface area contributed by atoms with Gasteiger partial charge in [-0.05, 0) is 25.5 Å². The highest BCUT2D eigenvalue weighted by Gasteiger charge is 2.16. The van der Waals surface area contributed by atoms with E-state index in [1.54, 1.807) is 0 Å². The summed E-state index contributed by atoms with van der Waals surface area (Å²) in [6.07, 6.45) is 1.57. The number of carbonyl (C=O) groups excluding carboxylic acids is 1. The van der Waals surface area contributed by atoms with Crippen LogP contribution in [-0.4, -0.2) is 21.5 Å². The second-order valence-electron chi connectivity index (χ2n) is 4.55. The Hall–Kier alpha value is -1.59. The van der Waals surface area contributed by atoms with Gasteiger partial charge in [0.15, 0.2) is 0 Å². The molecular weight excluding hydrogens is 276 g/mol. The number of para-hydroxylation sites is 2. The van der Waals surface area contributed by atoms with Crippen LogP contribution in [0.15, 0.2) is 24.3 Å². The molecule has 20 heavy (non-hydrogen) atoms. The van der Waals surface area contributed by atoms with Crippen LogP contribution in [0.1, 0.15) is 26.7 Å². The molecule has 1 atom stereocenters. The lowest BCUT2D eigenvalue weighted by Crippen LogP contribution is -2.36. The molecule has 2 aromatic rings. The zero-order chi connectivity index (χ0) is 13.8. The molecule has 0 fully saturated rings. The van der Waals surface area contributed by atoms with Crippen LogP contribution in [0, 0.1) is 0 Å². The molecule has 2 rings (SSSR count). The summed E-state index contributed by atoms with van der Waals surface area (Å²) in [5, 5.41) is 2.82. The van der Waals surface area contributed by atoms with Gasteiger partial charge in [0, 0.05) is 6.54 Å². The highest BCUT2D eigenvalue weighted by Crippen LogP contribution is 2.19. The number of nitrogens with zero attached hydrogens (tertiary/aromatic N) is 2. The zero-order valence-corrected chi connectivity index (χ0v) is 12.6. The fraction of sp³-hybridized carbons (Fsp3) is 0.429. The molecule has 0 radical (unpaired) electrons. The molecule has 0 saturated heterocycles. The monoisotopic (exact) mass is 296 g/mol. The number of aromatic nitrogens is 2. The standard InChI is InChI=1S/C14H20N4O.ClH/c1-3-7-10(15)13(19)17-14-16-11-8-5-6-9-12(11)18(14)4-2;/h5-6,8-10H,3-4,7,15H2,1-2H3,(H,16,17,19);1H. The van der Waals surface area contributed by atoms with Crippen LogP contribution < -0.4 is 11.1 Å². The lowest BCUT2D eigenvalue weighted by molar-refractivity contribution is -0.117. The number of anilines is 1. The van der Waals surface area contributed by atoms with Gasteiger partial charge in [0.1, 0.15) is 0 Å². The Balaban J connectivity index is 0.00000200. The van der Waals surface area contributed by atoms with E-state index in [-0.39, 0.29) is 18.3 Å². The van der Waals surface area contributed by atoms with E-state index in [9.17, 15) is 4.79 Å². The highest BCUT2D eigenvalue weighted by molar-refractivity contribution is 5.95. The third kappa shape index (κ3) is 3.29. The van der Waals surface area contributed by atoms with Gasteiger partial charge in [0.2, 0.25) is 11.9 Å². The van der Waals surface area contributed by atoms with Crippen molar-refractivity contribution in [1.82, 2.24) is 9.55 Å². The fourth-order valence-electron chi connectivity index (χ4n) is 2.14. The first kappa shape index (κ1) is 16.5. The molecule has 3 N–H and O–H groups in total. The van der Waals surface area contributed by atoms with Crippen molar-refractivity contribution in [3.63, 3.8) is 0 Å². The van der Waals surface area contributed by atoms with Gasteiger partial charge in [-0.25, -0.2) is 4.98 Å². The van der Waals surface area contributed by atoms with Gasteiger partial charge in [0.25, 0.3) is 0 Å². The molecule has 0 saturated carbocycles. The highest BCUT2D eigenvalue weighted by atomic mass is 35.5. The number of amides is 1. The van der Waals surface area contributed by atoms with Gasteiger partial charge in [0.05, 0.1) is 17.1 Å². The summed E-state index contributed by atoms with van der Waals surface area (Å²) in [6, 6.07) is 7.35. The predicted molar refractivity (Wildman–Crippen MR) is 84.2 cm³/mol. The first-order valence-corrected chi connectivity index (χ1v) is 6.69. The van der Waals surface area contributed by atoms with Crippen LogP contribution in [-0.2, 0) is 11.3 Å². The van der Waals surface area contributed by atoms with E-state index in [1.807, 2.05) is 42.7 Å². The maximum Gasteiger partial charge on any atom is 0.243 e. The molecular formula is C14H21ClN4O. The second-order valence-corrected chi connectivity index (χ2v) is 4.55. The minimum absolute atomic E-state index is 0. The molecule has 1 amide bonds. The molecule has 1 aromatic carbocycles. The van der Waals surface area contributed by atoms with Crippen molar-refractivity contribution in [1.29, 1.82) is 0 Å². The van der Waals surface area contributed by atoms with Crippen LogP contribution in [0.4, 0.5) is 5.95 Å². The maximum atomic E-state index is 12.0. The van der Waals surface area contributed by atoms with E-state index in [0.29, 0.717) is 12.4 Å². The summed E-state index contributed by atoms with van der Waals surface area (Å²) in [6.45, 7) is 4.78. The molecule has 0 bridgehead atoms. The Morgan fingerprint density at radius 3 is 2.75 bits per heavy atom. The number of hydrogen-bond acceptors (Lipinski definition) is 3. The molecule has 5 nitrogen and oxygen atoms in total. The predicted octanol–water partition coefficient (Wildman–Crippen LogP) is 2.54. The summed E-state index contributed by atoms with van der Waals surface area (Å²) in [4.78, 5) is 16.4. The molecule has 1 heterocycles. The van der Waals surface area contributed by atoms with Crippen molar-refractivity contribution in [3.8, 4) is 0 Å². The van der Waals surface area contributed by atoms with Crippen LogP contribution >= 0.6 is 12.4 Å². The van der Waals surface area contributed by atoms with Gasteiger partial charge >= 0.3 is 0 Å². The van der Waals surface area contributed by atoms with E-state index in [2.05, 4.69) is 10.3 Å². The molecule has 0 spiro atoms. The van der Waals surface area contributed by atoms with Crippen molar-refractivity contribution in [2.45, 2.75) is 39.3 Å². The maximum absolute atomic E-state index is 12.0. The fourth-order valence-corrected chi connectivity index (χ4v) is 2.14. The lowest BCUT2D eigenvalue weighted by Gasteiger charge is -2.11. The zero-order valence-electron chi connectivity index (χ0n) is 11.8. The van der Waals surface area contributed by atoms with E-state index in [4.69, 9.17) is 5.73 Å². The molecule has 1 aromatic heterocycles. The lowest BCUT2D eigenvalue weighted by atomic mass is 10.2. The largest absolute Gasteiger partial charge is 0.320 e. The third-order valence-electron chi connectivity index (χ3n) is 3.14. The normalized spacial score (nSPS) is 11.9. The number of carbonyl (C=O) groups is 1. The average Bonchev–Trinajstić information content (AvgIpc) is 2.75. The number of nitrogens with two attached hydrogens (primary N) is 1. The third-order valence-corrected chi connectivity index (χ3v) is 3.14. The minimum atomic E-state index is -0.477. The van der Waals surface area contributed by atoms with Crippen molar-refractivity contribution in [2.75, 3.05) is 5.32 Å². The van der Waals surface area contributed by atoms with E-state index < -0.39 is 6.04 Å². The van der Waals surface area contributed by atoms with E-state index in [0.717, 1.165) is 24.0 Å². The van der Waals surface area contributed by atoms with Crippen LogP contribution in [0.25, 0.3) is 11.0 Å². The van der Waals surface area contributed by atoms with Crippen molar-refractivity contribution in [2.24, 2.45) is 5.73 Å². The summed E-state index contributed by atoms with van der Waals surface area (Å²) < 4.78 is 1.98. The first-order chi connectivity index (χ1) is 9.17. The molecule has 6 heteroatoms. The Kier molecular flexibility index (Phi) is 5.98. The number of benzene rings is 1. The van der Waals surface area contributed by atoms with E-state index >= 15 is 0 Å². The number of rotatable bonds is 5. The summed E-state index contributed by atoms with van der Waals surface area (Å²) in [5.74, 6) is 0.395. The van der Waals surface area contributed by atoms with Crippen molar-refractivity contribution in [3.05, 3.63) is 24.3 Å². The van der Waals surface area contributed by atoms with Crippen molar-refractivity contribution < 1.29 is 4.79 Å². The Labute approximate surface area is 125 Å². The number of fused-ring (bicyclic) bond motifs is 1. The molecule has 110 valence electrons. The molecule has 0 aliphatic rings. The molecule has 1 unspecified atom stereocenters. The second kappa shape index (κ2) is 7.26. The number of hydrogen-bond donors (Lipinski definition) is 2. The molecule has 0 aliphatic heterocycles. The van der Waals surface area contributed by atoms with E-state index in [1.165, 1.54) is 0 Å². The van der Waals surface area contributed by atoms with Gasteiger partial charge in [-0.1, -0.05) is 25.5 Å². The van der Waals surface area contributed by atoms with Crippen LogP contribution in [0.2, 0.25) is 0 Å². The van der Waals surface area contributed by atoms with Gasteiger partial charge in [-0.2, -0.15) is 0 Å². The topological polar surface area (TPSA) is 72.9 Å². The van der Waals surface area contributed by atoms with Gasteiger partial charge < -0.3 is 10.3 Å².